The summed E-state index contributed by atoms with van der Waals surface area (Å²) in [6.07, 6.45) is -2.02. The van der Waals surface area contributed by atoms with E-state index in [4.69, 9.17) is 18.9 Å². The highest BCUT2D eigenvalue weighted by atomic mass is 17.0. The van der Waals surface area contributed by atoms with Crippen molar-refractivity contribution >= 4 is 0 Å². The molecule has 0 bridgehead atoms. The van der Waals surface area contributed by atoms with Crippen molar-refractivity contribution in [3.05, 3.63) is 119 Å². The molecule has 5 nitrogen and oxygen atoms in total. The van der Waals surface area contributed by atoms with Crippen LogP contribution in [0.1, 0.15) is 22.3 Å². The van der Waals surface area contributed by atoms with Gasteiger partial charge in [0, 0.05) is 0 Å². The van der Waals surface area contributed by atoms with Crippen LogP contribution in [0.15, 0.2) is 97.1 Å². The molecular weight excluding hydrogens is 426 g/mol. The Morgan fingerprint density at radius 2 is 0.912 bits per heavy atom. The van der Waals surface area contributed by atoms with Crippen molar-refractivity contribution in [3.8, 4) is 29.1 Å². The lowest BCUT2D eigenvalue weighted by atomic mass is 10.2. The van der Waals surface area contributed by atoms with Gasteiger partial charge in [-0.15, -0.1) is 0 Å². The van der Waals surface area contributed by atoms with Crippen LogP contribution in [0.4, 0.5) is 0 Å². The van der Waals surface area contributed by atoms with Gasteiger partial charge < -0.3 is 18.9 Å². The summed E-state index contributed by atoms with van der Waals surface area (Å²) >= 11 is 0. The van der Waals surface area contributed by atoms with Gasteiger partial charge in [-0.1, -0.05) is 59.2 Å². The molecule has 0 fully saturated rings. The second kappa shape index (κ2) is 10.0. The molecule has 0 spiro atoms. The molecule has 0 aromatic heterocycles. The Morgan fingerprint density at radius 1 is 0.529 bits per heavy atom. The molecule has 0 N–H and O–H groups in total. The maximum atomic E-state index is 9.34. The minimum atomic E-state index is -2.02. The summed E-state index contributed by atoms with van der Waals surface area (Å²) in [5.74, 6) is 1.81. The molecule has 0 radical (unpaired) electrons. The minimum Gasteiger partial charge on any atom is -0.386 e. The van der Waals surface area contributed by atoms with Gasteiger partial charge in [-0.2, -0.15) is 5.26 Å². The first kappa shape index (κ1) is 22.8. The third-order valence-corrected chi connectivity index (χ3v) is 5.00. The molecule has 0 amide bonds. The molecule has 0 saturated carbocycles. The Morgan fingerprint density at radius 3 is 1.29 bits per heavy atom. The van der Waals surface area contributed by atoms with E-state index in [0.717, 1.165) is 16.7 Å². The van der Waals surface area contributed by atoms with Gasteiger partial charge in [0.25, 0.3) is 0 Å². The molecule has 0 heterocycles. The fourth-order valence-electron chi connectivity index (χ4n) is 3.15. The summed E-state index contributed by atoms with van der Waals surface area (Å²) in [7, 11) is 0. The summed E-state index contributed by atoms with van der Waals surface area (Å²) in [6, 6.07) is 31.3. The van der Waals surface area contributed by atoms with Crippen LogP contribution in [0.5, 0.6) is 23.0 Å². The molecule has 4 aromatic carbocycles. The first-order valence-electron chi connectivity index (χ1n) is 10.9. The van der Waals surface area contributed by atoms with Gasteiger partial charge in [-0.05, 0) is 75.4 Å². The van der Waals surface area contributed by atoms with Crippen molar-refractivity contribution in [2.24, 2.45) is 0 Å². The van der Waals surface area contributed by atoms with Crippen LogP contribution in [-0.4, -0.2) is 6.16 Å². The van der Waals surface area contributed by atoms with E-state index >= 15 is 0 Å². The van der Waals surface area contributed by atoms with E-state index in [0.29, 0.717) is 28.6 Å². The quantitative estimate of drug-likeness (QED) is 0.279. The SMILES string of the molecule is Cc1ccc(OC(Oc2ccc(C)cc2)(Oc2ccc(C)cc2)Oc2cccc(C#N)c2)cc1. The lowest BCUT2D eigenvalue weighted by molar-refractivity contribution is -0.367. The molecule has 4 rings (SSSR count). The van der Waals surface area contributed by atoms with E-state index in [1.807, 2.05) is 93.6 Å². The summed E-state index contributed by atoms with van der Waals surface area (Å²) in [5, 5.41) is 9.34. The zero-order valence-corrected chi connectivity index (χ0v) is 19.3. The lowest BCUT2D eigenvalue weighted by Crippen LogP contribution is -2.53. The van der Waals surface area contributed by atoms with Crippen LogP contribution in [0.25, 0.3) is 0 Å². The van der Waals surface area contributed by atoms with Crippen molar-refractivity contribution in [3.63, 3.8) is 0 Å². The molecule has 0 unspecified atom stereocenters. The third-order valence-electron chi connectivity index (χ3n) is 5.00. The van der Waals surface area contributed by atoms with Crippen molar-refractivity contribution < 1.29 is 18.9 Å². The Labute approximate surface area is 199 Å². The van der Waals surface area contributed by atoms with Crippen LogP contribution in [0.2, 0.25) is 0 Å². The number of ether oxygens (including phenoxy) is 4. The molecule has 0 atom stereocenters. The highest BCUT2D eigenvalue weighted by Crippen LogP contribution is 2.30. The second-order valence-electron chi connectivity index (χ2n) is 7.99. The van der Waals surface area contributed by atoms with Crippen LogP contribution in [0.3, 0.4) is 0 Å². The summed E-state index contributed by atoms with van der Waals surface area (Å²) in [4.78, 5) is 0. The van der Waals surface area contributed by atoms with E-state index < -0.39 is 6.16 Å². The molecule has 0 saturated heterocycles. The van der Waals surface area contributed by atoms with E-state index in [9.17, 15) is 5.26 Å². The molecular formula is C29H25NO4. The predicted molar refractivity (Wildman–Crippen MR) is 130 cm³/mol. The molecule has 0 aliphatic carbocycles. The number of aryl methyl sites for hydroxylation is 3. The fraction of sp³-hybridized carbons (Fsp3) is 0.138. The van der Waals surface area contributed by atoms with Gasteiger partial charge in [0.05, 0.1) is 11.6 Å². The monoisotopic (exact) mass is 451 g/mol. The molecule has 170 valence electrons. The van der Waals surface area contributed by atoms with Crippen molar-refractivity contribution in [1.82, 2.24) is 0 Å². The van der Waals surface area contributed by atoms with Gasteiger partial charge in [-0.25, -0.2) is 0 Å². The van der Waals surface area contributed by atoms with E-state index in [1.54, 1.807) is 24.3 Å². The molecule has 0 aliphatic rings. The fourth-order valence-corrected chi connectivity index (χ4v) is 3.15. The standard InChI is InChI=1S/C29H25NO4/c1-21-7-13-25(14-8-21)31-29(32-26-15-9-22(2)10-16-26,33-27-17-11-23(3)12-18-27)34-28-6-4-5-24(19-28)20-30/h4-19H,1-3H3. The van der Waals surface area contributed by atoms with Gasteiger partial charge >= 0.3 is 6.16 Å². The number of nitriles is 1. The topological polar surface area (TPSA) is 60.7 Å². The van der Waals surface area contributed by atoms with Gasteiger partial charge in [0.2, 0.25) is 0 Å². The highest BCUT2D eigenvalue weighted by Gasteiger charge is 2.44. The van der Waals surface area contributed by atoms with E-state index in [1.165, 1.54) is 0 Å². The average molecular weight is 452 g/mol. The van der Waals surface area contributed by atoms with Crippen molar-refractivity contribution in [2.75, 3.05) is 0 Å². The normalized spacial score (nSPS) is 10.8. The smallest absolute Gasteiger partial charge is 0.386 e. The molecule has 4 aromatic rings. The first-order valence-corrected chi connectivity index (χ1v) is 10.9. The first-order chi connectivity index (χ1) is 16.4. The summed E-state index contributed by atoms with van der Waals surface area (Å²) in [6.45, 7) is 5.98. The predicted octanol–water partition coefficient (Wildman–Crippen LogP) is 6.71. The van der Waals surface area contributed by atoms with Gasteiger partial charge in [0.15, 0.2) is 0 Å². The number of hydrogen-bond acceptors (Lipinski definition) is 5. The second-order valence-corrected chi connectivity index (χ2v) is 7.99. The zero-order valence-electron chi connectivity index (χ0n) is 19.3. The molecule has 0 aliphatic heterocycles. The summed E-state index contributed by atoms with van der Waals surface area (Å²) < 4.78 is 25.0. The lowest BCUT2D eigenvalue weighted by Gasteiger charge is -2.32. The maximum absolute atomic E-state index is 9.34. The Balaban J connectivity index is 1.79. The number of nitrogens with zero attached hydrogens (tertiary/aromatic N) is 1. The van der Waals surface area contributed by atoms with E-state index in [2.05, 4.69) is 6.07 Å². The summed E-state index contributed by atoms with van der Waals surface area (Å²) in [5.41, 5.74) is 3.69. The molecule has 34 heavy (non-hydrogen) atoms. The van der Waals surface area contributed by atoms with E-state index in [-0.39, 0.29) is 0 Å². The Bertz CT molecular complexity index is 1160. The van der Waals surface area contributed by atoms with Crippen LogP contribution in [-0.2, 0) is 0 Å². The van der Waals surface area contributed by atoms with Crippen LogP contribution < -0.4 is 18.9 Å². The molecule has 5 heteroatoms. The van der Waals surface area contributed by atoms with Crippen LogP contribution >= 0.6 is 0 Å². The Hall–Kier alpha value is -4.43. The third kappa shape index (κ3) is 5.87. The van der Waals surface area contributed by atoms with Crippen LogP contribution in [0, 0.1) is 32.1 Å². The maximum Gasteiger partial charge on any atom is 0.611 e. The average Bonchev–Trinajstić information content (AvgIpc) is 2.84. The largest absolute Gasteiger partial charge is 0.611 e. The Kier molecular flexibility index (Phi) is 6.70. The van der Waals surface area contributed by atoms with Gasteiger partial charge in [-0.3, -0.25) is 0 Å². The number of rotatable bonds is 8. The number of benzene rings is 4. The zero-order chi connectivity index (χ0) is 24.0. The van der Waals surface area contributed by atoms with Crippen molar-refractivity contribution in [2.45, 2.75) is 26.9 Å². The van der Waals surface area contributed by atoms with Crippen molar-refractivity contribution in [1.29, 1.82) is 5.26 Å². The number of hydrogen-bond donors (Lipinski definition) is 0. The highest BCUT2D eigenvalue weighted by molar-refractivity contribution is 5.37. The minimum absolute atomic E-state index is 0.352. The van der Waals surface area contributed by atoms with Gasteiger partial charge in [0.1, 0.15) is 23.0 Å².